The summed E-state index contributed by atoms with van der Waals surface area (Å²) in [6.45, 7) is 8.18. The van der Waals surface area contributed by atoms with Crippen molar-refractivity contribution in [3.63, 3.8) is 0 Å². The zero-order valence-electron chi connectivity index (χ0n) is 12.8. The molecule has 0 amide bonds. The number of nitro benzene ring substituents is 1. The van der Waals surface area contributed by atoms with E-state index in [1.54, 1.807) is 12.1 Å². The zero-order chi connectivity index (χ0) is 15.1. The van der Waals surface area contributed by atoms with Crippen LogP contribution >= 0.6 is 0 Å². The van der Waals surface area contributed by atoms with E-state index in [4.69, 9.17) is 0 Å². The Morgan fingerprint density at radius 1 is 1.30 bits per heavy atom. The van der Waals surface area contributed by atoms with Gasteiger partial charge >= 0.3 is 0 Å². The van der Waals surface area contributed by atoms with Crippen LogP contribution in [0.2, 0.25) is 0 Å². The molecule has 0 fully saturated rings. The molecule has 1 atom stereocenters. The van der Waals surface area contributed by atoms with Crippen LogP contribution in [0.1, 0.15) is 38.8 Å². The fourth-order valence-corrected chi connectivity index (χ4v) is 2.04. The van der Waals surface area contributed by atoms with Gasteiger partial charge < -0.3 is 10.2 Å². The minimum atomic E-state index is -0.319. The summed E-state index contributed by atoms with van der Waals surface area (Å²) >= 11 is 0. The Kier molecular flexibility index (Phi) is 6.61. The highest BCUT2D eigenvalue weighted by atomic mass is 16.6. The Bertz CT molecular complexity index is 435. The van der Waals surface area contributed by atoms with Crippen molar-refractivity contribution < 1.29 is 4.92 Å². The first-order valence-corrected chi connectivity index (χ1v) is 7.10. The fourth-order valence-electron chi connectivity index (χ4n) is 2.04. The van der Waals surface area contributed by atoms with E-state index in [2.05, 4.69) is 31.1 Å². The first-order chi connectivity index (χ1) is 9.43. The first-order valence-electron chi connectivity index (χ1n) is 7.10. The van der Waals surface area contributed by atoms with Gasteiger partial charge in [0.05, 0.1) is 4.92 Å². The molecule has 0 radical (unpaired) electrons. The van der Waals surface area contributed by atoms with Gasteiger partial charge in [0.15, 0.2) is 0 Å². The van der Waals surface area contributed by atoms with Gasteiger partial charge in [-0.05, 0) is 47.3 Å². The number of nitrogens with zero attached hydrogens (tertiary/aromatic N) is 2. The smallest absolute Gasteiger partial charge is 0.274 e. The second-order valence-corrected chi connectivity index (χ2v) is 5.42. The number of para-hydroxylation sites is 1. The number of nitrogens with one attached hydrogen (secondary N) is 1. The average molecular weight is 279 g/mol. The van der Waals surface area contributed by atoms with Crippen molar-refractivity contribution in [1.82, 2.24) is 10.2 Å². The van der Waals surface area contributed by atoms with Gasteiger partial charge in [0.25, 0.3) is 5.69 Å². The number of nitro groups is 1. The molecular formula is C15H25N3O2. The summed E-state index contributed by atoms with van der Waals surface area (Å²) < 4.78 is 0. The van der Waals surface area contributed by atoms with Crippen LogP contribution in [0.4, 0.5) is 5.69 Å². The number of benzene rings is 1. The average Bonchev–Trinajstić information content (AvgIpc) is 2.42. The summed E-state index contributed by atoms with van der Waals surface area (Å²) in [5, 5.41) is 14.3. The molecule has 112 valence electrons. The normalized spacial score (nSPS) is 12.9. The van der Waals surface area contributed by atoms with Crippen LogP contribution in [0, 0.1) is 10.1 Å². The summed E-state index contributed by atoms with van der Waals surface area (Å²) in [5.41, 5.74) is 0.932. The van der Waals surface area contributed by atoms with E-state index < -0.39 is 0 Å². The molecule has 1 unspecified atom stereocenters. The molecule has 20 heavy (non-hydrogen) atoms. The highest BCUT2D eigenvalue weighted by molar-refractivity contribution is 5.41. The molecule has 0 bridgehead atoms. The quantitative estimate of drug-likeness (QED) is 0.451. The molecule has 1 aromatic carbocycles. The van der Waals surface area contributed by atoms with Crippen molar-refractivity contribution >= 4 is 5.69 Å². The highest BCUT2D eigenvalue weighted by Gasteiger charge is 2.17. The Balaban J connectivity index is 2.47. The van der Waals surface area contributed by atoms with Crippen LogP contribution in [0.3, 0.4) is 0 Å². The van der Waals surface area contributed by atoms with E-state index >= 15 is 0 Å². The van der Waals surface area contributed by atoms with E-state index in [0.29, 0.717) is 6.04 Å². The van der Waals surface area contributed by atoms with Gasteiger partial charge in [-0.25, -0.2) is 0 Å². The molecule has 1 N–H and O–H groups in total. The molecule has 0 spiro atoms. The van der Waals surface area contributed by atoms with Gasteiger partial charge in [-0.15, -0.1) is 0 Å². The van der Waals surface area contributed by atoms with Gasteiger partial charge in [-0.2, -0.15) is 0 Å². The standard InChI is InChI=1S/C15H25N3O2/c1-12(2)17(4)11-7-10-16-13(3)14-8-5-6-9-15(14)18(19)20/h5-6,8-9,12-13,16H,7,10-11H2,1-4H3. The third-order valence-corrected chi connectivity index (χ3v) is 3.62. The summed E-state index contributed by atoms with van der Waals surface area (Å²) in [6.07, 6.45) is 1.03. The van der Waals surface area contributed by atoms with Crippen molar-refractivity contribution in [2.75, 3.05) is 20.1 Å². The third-order valence-electron chi connectivity index (χ3n) is 3.62. The number of hydrogen-bond acceptors (Lipinski definition) is 4. The van der Waals surface area contributed by atoms with Crippen LogP contribution in [-0.2, 0) is 0 Å². The lowest BCUT2D eigenvalue weighted by molar-refractivity contribution is -0.385. The molecule has 0 saturated carbocycles. The van der Waals surface area contributed by atoms with Crippen LogP contribution < -0.4 is 5.32 Å². The molecule has 1 aromatic rings. The monoisotopic (exact) mass is 279 g/mol. The predicted molar refractivity (Wildman–Crippen MR) is 81.9 cm³/mol. The first kappa shape index (κ1) is 16.6. The molecule has 0 aliphatic heterocycles. The Morgan fingerprint density at radius 3 is 2.55 bits per heavy atom. The van der Waals surface area contributed by atoms with E-state index in [0.717, 1.165) is 25.1 Å². The molecule has 0 aliphatic rings. The van der Waals surface area contributed by atoms with Gasteiger partial charge in [0.1, 0.15) is 0 Å². The summed E-state index contributed by atoms with van der Waals surface area (Å²) in [5.74, 6) is 0. The summed E-state index contributed by atoms with van der Waals surface area (Å²) in [7, 11) is 2.11. The van der Waals surface area contributed by atoms with Crippen LogP contribution in [0.25, 0.3) is 0 Å². The second-order valence-electron chi connectivity index (χ2n) is 5.42. The third kappa shape index (κ3) is 4.90. The van der Waals surface area contributed by atoms with Crippen molar-refractivity contribution in [3.05, 3.63) is 39.9 Å². The minimum Gasteiger partial charge on any atom is -0.310 e. The van der Waals surface area contributed by atoms with E-state index in [1.165, 1.54) is 0 Å². The summed E-state index contributed by atoms with van der Waals surface area (Å²) in [4.78, 5) is 13.0. The summed E-state index contributed by atoms with van der Waals surface area (Å²) in [6, 6.07) is 7.44. The van der Waals surface area contributed by atoms with Crippen molar-refractivity contribution in [3.8, 4) is 0 Å². The molecule has 0 aromatic heterocycles. The highest BCUT2D eigenvalue weighted by Crippen LogP contribution is 2.24. The van der Waals surface area contributed by atoms with Gasteiger partial charge in [0, 0.05) is 23.7 Å². The SMILES string of the molecule is CC(NCCCN(C)C(C)C)c1ccccc1[N+](=O)[O-]. The van der Waals surface area contributed by atoms with E-state index in [-0.39, 0.29) is 16.7 Å². The Labute approximate surface area is 121 Å². The van der Waals surface area contributed by atoms with E-state index in [1.807, 2.05) is 19.1 Å². The van der Waals surface area contributed by atoms with E-state index in [9.17, 15) is 10.1 Å². The van der Waals surface area contributed by atoms with Crippen molar-refractivity contribution in [2.24, 2.45) is 0 Å². The predicted octanol–water partition coefficient (Wildman–Crippen LogP) is 2.98. The molecule has 5 nitrogen and oxygen atoms in total. The molecule has 0 saturated heterocycles. The zero-order valence-corrected chi connectivity index (χ0v) is 12.8. The Morgan fingerprint density at radius 2 is 1.95 bits per heavy atom. The van der Waals surface area contributed by atoms with Gasteiger partial charge in [0.2, 0.25) is 0 Å². The van der Waals surface area contributed by atoms with Gasteiger partial charge in [-0.1, -0.05) is 18.2 Å². The molecule has 0 heterocycles. The Hall–Kier alpha value is -1.46. The van der Waals surface area contributed by atoms with Crippen LogP contribution in [-0.4, -0.2) is 36.0 Å². The van der Waals surface area contributed by atoms with Crippen molar-refractivity contribution in [1.29, 1.82) is 0 Å². The maximum atomic E-state index is 11.0. The lowest BCUT2D eigenvalue weighted by atomic mass is 10.1. The molecular weight excluding hydrogens is 254 g/mol. The largest absolute Gasteiger partial charge is 0.310 e. The molecule has 0 aliphatic carbocycles. The van der Waals surface area contributed by atoms with Crippen LogP contribution in [0.5, 0.6) is 0 Å². The van der Waals surface area contributed by atoms with Crippen LogP contribution in [0.15, 0.2) is 24.3 Å². The maximum absolute atomic E-state index is 11.0. The lowest BCUT2D eigenvalue weighted by Crippen LogP contribution is -2.30. The topological polar surface area (TPSA) is 58.4 Å². The molecule has 1 rings (SSSR count). The number of hydrogen-bond donors (Lipinski definition) is 1. The second kappa shape index (κ2) is 7.97. The molecule has 5 heteroatoms. The van der Waals surface area contributed by atoms with Crippen molar-refractivity contribution in [2.45, 2.75) is 39.3 Å². The number of rotatable bonds is 8. The fraction of sp³-hybridized carbons (Fsp3) is 0.600. The minimum absolute atomic E-state index is 0.0130. The lowest BCUT2D eigenvalue weighted by Gasteiger charge is -2.21. The van der Waals surface area contributed by atoms with Gasteiger partial charge in [-0.3, -0.25) is 10.1 Å². The maximum Gasteiger partial charge on any atom is 0.274 e.